The van der Waals surface area contributed by atoms with Crippen molar-refractivity contribution in [2.75, 3.05) is 0 Å². The highest BCUT2D eigenvalue weighted by Crippen LogP contribution is 2.25. The molecule has 0 rings (SSSR count). The quantitative estimate of drug-likeness (QED) is 0.481. The van der Waals surface area contributed by atoms with Crippen LogP contribution in [0, 0.1) is 0 Å². The molecule has 6 heteroatoms. The summed E-state index contributed by atoms with van der Waals surface area (Å²) < 4.78 is 8.88. The minimum absolute atomic E-state index is 0.318. The first-order valence-electron chi connectivity index (χ1n) is 4.05. The van der Waals surface area contributed by atoms with Crippen LogP contribution in [0.5, 0.6) is 0 Å². The molecule has 5 nitrogen and oxygen atoms in total. The van der Waals surface area contributed by atoms with Gasteiger partial charge in [0.15, 0.2) is 0 Å². The average molecular weight is 212 g/mol. The standard InChI is InChI=1S/C7H14O.H3O4P/c1-3-4-5-6-7(2)8;1-5(2,3)4/h3-6H2,1-2H3;(H3,1,2,3,4). The van der Waals surface area contributed by atoms with Crippen molar-refractivity contribution in [3.63, 3.8) is 0 Å². The van der Waals surface area contributed by atoms with E-state index >= 15 is 0 Å². The number of hydrogen-bond acceptors (Lipinski definition) is 2. The lowest BCUT2D eigenvalue weighted by Gasteiger charge is -1.90. The van der Waals surface area contributed by atoms with Gasteiger partial charge in [-0.15, -0.1) is 0 Å². The summed E-state index contributed by atoms with van der Waals surface area (Å²) in [6.07, 6.45) is 4.24. The van der Waals surface area contributed by atoms with Crippen molar-refractivity contribution in [1.29, 1.82) is 0 Å². The molecule has 0 aromatic heterocycles. The van der Waals surface area contributed by atoms with E-state index in [0.717, 1.165) is 12.8 Å². The van der Waals surface area contributed by atoms with Crippen LogP contribution in [0.1, 0.15) is 39.5 Å². The van der Waals surface area contributed by atoms with Gasteiger partial charge in [0.05, 0.1) is 0 Å². The molecule has 0 saturated carbocycles. The maximum absolute atomic E-state index is 10.3. The number of phosphoric acid groups is 1. The van der Waals surface area contributed by atoms with Crippen LogP contribution in [0.25, 0.3) is 0 Å². The number of hydrogen-bond donors (Lipinski definition) is 3. The van der Waals surface area contributed by atoms with Crippen LogP contribution in [-0.2, 0) is 9.36 Å². The Bertz CT molecular complexity index is 165. The zero-order valence-corrected chi connectivity index (χ0v) is 8.83. The fourth-order valence-electron chi connectivity index (χ4n) is 0.624. The first kappa shape index (κ1) is 15.3. The van der Waals surface area contributed by atoms with E-state index in [4.69, 9.17) is 19.2 Å². The second-order valence-electron chi connectivity index (χ2n) is 2.67. The lowest BCUT2D eigenvalue weighted by molar-refractivity contribution is -0.117. The number of ketones is 1. The minimum Gasteiger partial charge on any atom is -0.303 e. The van der Waals surface area contributed by atoms with Gasteiger partial charge in [0, 0.05) is 6.42 Å². The Kier molecular flexibility index (Phi) is 9.84. The highest BCUT2D eigenvalue weighted by atomic mass is 31.2. The van der Waals surface area contributed by atoms with Crippen molar-refractivity contribution in [3.05, 3.63) is 0 Å². The fourth-order valence-corrected chi connectivity index (χ4v) is 0.624. The van der Waals surface area contributed by atoms with Crippen molar-refractivity contribution >= 4 is 13.6 Å². The van der Waals surface area contributed by atoms with Crippen LogP contribution < -0.4 is 0 Å². The first-order valence-corrected chi connectivity index (χ1v) is 5.61. The van der Waals surface area contributed by atoms with E-state index in [2.05, 4.69) is 6.92 Å². The summed E-state index contributed by atoms with van der Waals surface area (Å²) in [5.41, 5.74) is 0. The molecule has 0 heterocycles. The number of carbonyl (C=O) groups excluding carboxylic acids is 1. The van der Waals surface area contributed by atoms with Gasteiger partial charge in [0.25, 0.3) is 0 Å². The van der Waals surface area contributed by atoms with Crippen molar-refractivity contribution in [2.24, 2.45) is 0 Å². The maximum atomic E-state index is 10.3. The van der Waals surface area contributed by atoms with E-state index in [9.17, 15) is 4.79 Å². The molecular weight excluding hydrogens is 195 g/mol. The number of carbonyl (C=O) groups is 1. The van der Waals surface area contributed by atoms with E-state index < -0.39 is 7.82 Å². The highest BCUT2D eigenvalue weighted by molar-refractivity contribution is 7.45. The number of Topliss-reactive ketones (excluding diaryl/α,β-unsaturated/α-hetero) is 1. The molecule has 0 aromatic rings. The second-order valence-corrected chi connectivity index (χ2v) is 3.70. The van der Waals surface area contributed by atoms with E-state index in [1.807, 2.05) is 0 Å². The zero-order valence-electron chi connectivity index (χ0n) is 7.93. The van der Waals surface area contributed by atoms with Gasteiger partial charge in [-0.1, -0.05) is 19.8 Å². The molecule has 0 aliphatic rings. The zero-order chi connectivity index (χ0) is 10.9. The molecule has 0 aliphatic heterocycles. The lowest BCUT2D eigenvalue weighted by Crippen LogP contribution is -1.87. The molecule has 80 valence electrons. The Labute approximate surface area is 78.0 Å². The smallest absolute Gasteiger partial charge is 0.303 e. The molecule has 0 radical (unpaired) electrons. The molecule has 3 N–H and O–H groups in total. The van der Waals surface area contributed by atoms with Gasteiger partial charge in [-0.25, -0.2) is 4.57 Å². The molecule has 0 atom stereocenters. The topological polar surface area (TPSA) is 94.8 Å². The summed E-state index contributed by atoms with van der Waals surface area (Å²) in [5.74, 6) is 0.318. The molecule has 0 aromatic carbocycles. The predicted molar refractivity (Wildman–Crippen MR) is 49.1 cm³/mol. The second kappa shape index (κ2) is 8.38. The molecule has 0 bridgehead atoms. The molecule has 0 unspecified atom stereocenters. The Morgan fingerprint density at radius 2 is 1.62 bits per heavy atom. The largest absolute Gasteiger partial charge is 0.466 e. The predicted octanol–water partition coefficient (Wildman–Crippen LogP) is 1.23. The third-order valence-corrected chi connectivity index (χ3v) is 1.13. The summed E-state index contributed by atoms with van der Waals surface area (Å²) in [6.45, 7) is 3.79. The van der Waals surface area contributed by atoms with Crippen LogP contribution in [0.3, 0.4) is 0 Å². The number of unbranched alkanes of at least 4 members (excludes halogenated alkanes) is 2. The summed E-state index contributed by atoms with van der Waals surface area (Å²) in [4.78, 5) is 31.9. The maximum Gasteiger partial charge on any atom is 0.466 e. The van der Waals surface area contributed by atoms with E-state index in [1.54, 1.807) is 6.92 Å². The van der Waals surface area contributed by atoms with Gasteiger partial charge in [0.1, 0.15) is 5.78 Å². The van der Waals surface area contributed by atoms with Gasteiger partial charge in [0.2, 0.25) is 0 Å². The van der Waals surface area contributed by atoms with Crippen LogP contribution in [0.2, 0.25) is 0 Å². The van der Waals surface area contributed by atoms with Crippen LogP contribution in [0.15, 0.2) is 0 Å². The van der Waals surface area contributed by atoms with Gasteiger partial charge < -0.3 is 19.5 Å². The molecule has 0 amide bonds. The highest BCUT2D eigenvalue weighted by Gasteiger charge is 2.00. The Morgan fingerprint density at radius 3 is 1.85 bits per heavy atom. The van der Waals surface area contributed by atoms with E-state index in [-0.39, 0.29) is 0 Å². The van der Waals surface area contributed by atoms with Crippen molar-refractivity contribution in [2.45, 2.75) is 39.5 Å². The SMILES string of the molecule is CCCCCC(C)=O.O=P(O)(O)O. The average Bonchev–Trinajstić information content (AvgIpc) is 1.83. The van der Waals surface area contributed by atoms with Gasteiger partial charge >= 0.3 is 7.82 Å². The fraction of sp³-hybridized carbons (Fsp3) is 0.857. The van der Waals surface area contributed by atoms with Crippen molar-refractivity contribution < 1.29 is 24.0 Å². The first-order chi connectivity index (χ1) is 5.77. The normalized spacial score (nSPS) is 10.2. The molecule has 0 spiro atoms. The molecule has 0 fully saturated rings. The van der Waals surface area contributed by atoms with E-state index in [0.29, 0.717) is 5.78 Å². The van der Waals surface area contributed by atoms with Crippen molar-refractivity contribution in [1.82, 2.24) is 0 Å². The van der Waals surface area contributed by atoms with Gasteiger partial charge in [-0.05, 0) is 13.3 Å². The Balaban J connectivity index is 0. The van der Waals surface area contributed by atoms with Crippen LogP contribution in [0.4, 0.5) is 0 Å². The van der Waals surface area contributed by atoms with E-state index in [1.165, 1.54) is 12.8 Å². The molecule has 0 saturated heterocycles. The molecule has 13 heavy (non-hydrogen) atoms. The third-order valence-electron chi connectivity index (χ3n) is 1.13. The van der Waals surface area contributed by atoms with Crippen LogP contribution in [-0.4, -0.2) is 20.5 Å². The summed E-state index contributed by atoms with van der Waals surface area (Å²) >= 11 is 0. The Hall–Kier alpha value is -0.220. The summed E-state index contributed by atoms with van der Waals surface area (Å²) in [5, 5.41) is 0. The van der Waals surface area contributed by atoms with Crippen molar-refractivity contribution in [3.8, 4) is 0 Å². The molecular formula is C7H17O5P. The molecule has 0 aliphatic carbocycles. The van der Waals surface area contributed by atoms with Gasteiger partial charge in [-0.3, -0.25) is 0 Å². The van der Waals surface area contributed by atoms with Gasteiger partial charge in [-0.2, -0.15) is 0 Å². The monoisotopic (exact) mass is 212 g/mol. The van der Waals surface area contributed by atoms with Crippen LogP contribution >= 0.6 is 7.82 Å². The summed E-state index contributed by atoms with van der Waals surface area (Å²) in [6, 6.07) is 0. The lowest BCUT2D eigenvalue weighted by atomic mass is 10.2. The third kappa shape index (κ3) is 49.3. The minimum atomic E-state index is -4.64. The summed E-state index contributed by atoms with van der Waals surface area (Å²) in [7, 11) is -4.64. The Morgan fingerprint density at radius 1 is 1.23 bits per heavy atom. The number of rotatable bonds is 4.